The molecule has 0 atom stereocenters. The summed E-state index contributed by atoms with van der Waals surface area (Å²) in [6, 6.07) is 5.45. The summed E-state index contributed by atoms with van der Waals surface area (Å²) in [6.45, 7) is 0.951. The van der Waals surface area contributed by atoms with Crippen LogP contribution in [0, 0.1) is 0 Å². The smallest absolute Gasteiger partial charge is 0.406 e. The molecule has 0 aliphatic carbocycles. The van der Waals surface area contributed by atoms with Crippen LogP contribution in [0.15, 0.2) is 30.5 Å². The number of hydrogen-bond donors (Lipinski definition) is 3. The van der Waals surface area contributed by atoms with Gasteiger partial charge in [0.1, 0.15) is 11.4 Å². The van der Waals surface area contributed by atoms with Gasteiger partial charge in [-0.2, -0.15) is 15.4 Å². The van der Waals surface area contributed by atoms with Gasteiger partial charge in [-0.3, -0.25) is 9.59 Å². The van der Waals surface area contributed by atoms with E-state index in [1.54, 1.807) is 11.0 Å². The van der Waals surface area contributed by atoms with Gasteiger partial charge >= 0.3 is 6.36 Å². The molecule has 184 valence electrons. The van der Waals surface area contributed by atoms with E-state index in [-0.39, 0.29) is 48.2 Å². The number of aromatic amines is 1. The number of hydrogen-bond acceptors (Lipinski definition) is 8. The number of halogens is 3. The van der Waals surface area contributed by atoms with Gasteiger partial charge in [0.2, 0.25) is 11.9 Å². The molecule has 2 amide bonds. The number of nitrogens with zero attached hydrogens (tertiary/aromatic N) is 5. The number of amides is 2. The second kappa shape index (κ2) is 9.95. The summed E-state index contributed by atoms with van der Waals surface area (Å²) < 4.78 is 41.2. The lowest BCUT2D eigenvalue weighted by Gasteiger charge is -2.25. The topological polar surface area (TPSA) is 152 Å². The zero-order valence-corrected chi connectivity index (χ0v) is 18.3. The second-order valence-corrected chi connectivity index (χ2v) is 7.75. The molecular formula is C21H21F3N8O3. The summed E-state index contributed by atoms with van der Waals surface area (Å²) in [6.07, 6.45) is -2.71. The van der Waals surface area contributed by atoms with Crippen molar-refractivity contribution in [3.05, 3.63) is 58.7 Å². The lowest BCUT2D eigenvalue weighted by atomic mass is 10.1. The fourth-order valence-corrected chi connectivity index (χ4v) is 3.63. The average Bonchev–Trinajstić information content (AvgIpc) is 3.28. The Morgan fingerprint density at radius 2 is 2.03 bits per heavy atom. The lowest BCUT2D eigenvalue weighted by Crippen LogP contribution is -2.36. The predicted molar refractivity (Wildman–Crippen MR) is 115 cm³/mol. The molecule has 3 heterocycles. The molecule has 0 spiro atoms. The first-order chi connectivity index (χ1) is 16.7. The number of nitrogens with two attached hydrogens (primary N) is 1. The van der Waals surface area contributed by atoms with Crippen molar-refractivity contribution in [3.8, 4) is 5.75 Å². The zero-order valence-electron chi connectivity index (χ0n) is 18.3. The first kappa shape index (κ1) is 23.9. The molecule has 3 aromatic rings. The van der Waals surface area contributed by atoms with Gasteiger partial charge in [0, 0.05) is 32.1 Å². The molecular weight excluding hydrogens is 469 g/mol. The molecule has 4 rings (SSSR count). The van der Waals surface area contributed by atoms with E-state index in [1.807, 2.05) is 0 Å². The molecule has 14 heteroatoms. The second-order valence-electron chi connectivity index (χ2n) is 7.75. The van der Waals surface area contributed by atoms with Crippen LogP contribution in [-0.2, 0) is 30.7 Å². The first-order valence-corrected chi connectivity index (χ1v) is 10.6. The number of fused-ring (bicyclic) bond motifs is 1. The normalized spacial score (nSPS) is 13.3. The molecule has 35 heavy (non-hydrogen) atoms. The van der Waals surface area contributed by atoms with Crippen molar-refractivity contribution in [1.29, 1.82) is 0 Å². The van der Waals surface area contributed by atoms with Crippen molar-refractivity contribution < 1.29 is 27.5 Å². The lowest BCUT2D eigenvalue weighted by molar-refractivity contribution is -0.274. The Labute approximate surface area is 196 Å². The molecule has 0 saturated carbocycles. The van der Waals surface area contributed by atoms with Gasteiger partial charge in [-0.25, -0.2) is 9.97 Å². The Bertz CT molecular complexity index is 1230. The Kier molecular flexibility index (Phi) is 6.80. The highest BCUT2D eigenvalue weighted by Gasteiger charge is 2.31. The van der Waals surface area contributed by atoms with Gasteiger partial charge in [0.05, 0.1) is 23.5 Å². The van der Waals surface area contributed by atoms with Crippen molar-refractivity contribution >= 4 is 17.8 Å². The number of carbonyl (C=O) groups excluding carboxylic acids is 2. The van der Waals surface area contributed by atoms with E-state index in [4.69, 9.17) is 5.73 Å². The van der Waals surface area contributed by atoms with Crippen molar-refractivity contribution in [1.82, 2.24) is 30.3 Å². The standard InChI is InChI=1S/C21H21F3N8O3/c22-21(23,24)35-13-3-1-2-12(8-13)9-26-20-27-10-14(19(25)34)15(28-20)4-5-18(33)32-7-6-16-17(11-32)30-31-29-16/h1-3,8,10H,4-7,9,11H2,(H2,25,34)(H,26,27,28)(H,29,30,31). The average molecular weight is 490 g/mol. The number of rotatable bonds is 8. The number of carbonyl (C=O) groups is 2. The van der Waals surface area contributed by atoms with E-state index >= 15 is 0 Å². The SMILES string of the molecule is NC(=O)c1cnc(NCc2cccc(OC(F)(F)F)c2)nc1CCC(=O)N1CCc2n[nH]nc2C1. The summed E-state index contributed by atoms with van der Waals surface area (Å²) in [7, 11) is 0. The summed E-state index contributed by atoms with van der Waals surface area (Å²) >= 11 is 0. The number of aromatic nitrogens is 5. The van der Waals surface area contributed by atoms with E-state index in [0.29, 0.717) is 25.1 Å². The van der Waals surface area contributed by atoms with Crippen molar-refractivity contribution in [3.63, 3.8) is 0 Å². The Hall–Kier alpha value is -4.23. The van der Waals surface area contributed by atoms with E-state index in [0.717, 1.165) is 11.4 Å². The fraction of sp³-hybridized carbons (Fsp3) is 0.333. The third-order valence-corrected chi connectivity index (χ3v) is 5.31. The number of ether oxygens (including phenoxy) is 1. The molecule has 11 nitrogen and oxygen atoms in total. The molecule has 0 saturated heterocycles. The molecule has 0 radical (unpaired) electrons. The first-order valence-electron chi connectivity index (χ1n) is 10.6. The van der Waals surface area contributed by atoms with Crippen LogP contribution < -0.4 is 15.8 Å². The van der Waals surface area contributed by atoms with Gasteiger partial charge < -0.3 is 20.7 Å². The van der Waals surface area contributed by atoms with Crippen LogP contribution in [0.1, 0.15) is 39.4 Å². The molecule has 1 aromatic carbocycles. The maximum absolute atomic E-state index is 12.7. The Morgan fingerprint density at radius 1 is 1.23 bits per heavy atom. The summed E-state index contributed by atoms with van der Waals surface area (Å²) in [5.41, 5.74) is 7.85. The van der Waals surface area contributed by atoms with E-state index in [2.05, 4.69) is 35.4 Å². The highest BCUT2D eigenvalue weighted by atomic mass is 19.4. The monoisotopic (exact) mass is 490 g/mol. The van der Waals surface area contributed by atoms with E-state index in [9.17, 15) is 22.8 Å². The number of H-pyrrole nitrogens is 1. The van der Waals surface area contributed by atoms with Crippen LogP contribution >= 0.6 is 0 Å². The van der Waals surface area contributed by atoms with Gasteiger partial charge in [-0.1, -0.05) is 12.1 Å². The number of primary amides is 1. The molecule has 2 aromatic heterocycles. The number of benzene rings is 1. The van der Waals surface area contributed by atoms with E-state index < -0.39 is 12.3 Å². The van der Waals surface area contributed by atoms with Crippen LogP contribution in [-0.4, -0.2) is 55.0 Å². The summed E-state index contributed by atoms with van der Waals surface area (Å²) in [5, 5.41) is 13.5. The fourth-order valence-electron chi connectivity index (χ4n) is 3.63. The highest BCUT2D eigenvalue weighted by molar-refractivity contribution is 5.93. The third-order valence-electron chi connectivity index (χ3n) is 5.31. The van der Waals surface area contributed by atoms with Gasteiger partial charge in [-0.15, -0.1) is 13.2 Å². The molecule has 4 N–H and O–H groups in total. The Morgan fingerprint density at radius 3 is 2.80 bits per heavy atom. The molecule has 0 bridgehead atoms. The van der Waals surface area contributed by atoms with Crippen molar-refractivity contribution in [2.45, 2.75) is 38.7 Å². The van der Waals surface area contributed by atoms with Crippen LogP contribution in [0.2, 0.25) is 0 Å². The van der Waals surface area contributed by atoms with Crippen LogP contribution in [0.3, 0.4) is 0 Å². The van der Waals surface area contributed by atoms with Crippen LogP contribution in [0.4, 0.5) is 19.1 Å². The number of aryl methyl sites for hydroxylation is 1. The molecule has 1 aliphatic heterocycles. The zero-order chi connectivity index (χ0) is 25.0. The molecule has 0 unspecified atom stereocenters. The minimum Gasteiger partial charge on any atom is -0.406 e. The van der Waals surface area contributed by atoms with Gasteiger partial charge in [0.25, 0.3) is 5.91 Å². The van der Waals surface area contributed by atoms with Crippen LogP contribution in [0.5, 0.6) is 5.75 Å². The quantitative estimate of drug-likeness (QED) is 0.432. The van der Waals surface area contributed by atoms with Gasteiger partial charge in [-0.05, 0) is 24.1 Å². The number of alkyl halides is 3. The van der Waals surface area contributed by atoms with E-state index in [1.165, 1.54) is 24.4 Å². The highest BCUT2D eigenvalue weighted by Crippen LogP contribution is 2.23. The Balaban J connectivity index is 1.40. The molecule has 0 fully saturated rings. The maximum Gasteiger partial charge on any atom is 0.573 e. The van der Waals surface area contributed by atoms with Crippen LogP contribution in [0.25, 0.3) is 0 Å². The number of anilines is 1. The summed E-state index contributed by atoms with van der Waals surface area (Å²) in [4.78, 5) is 34.5. The van der Waals surface area contributed by atoms with Crippen molar-refractivity contribution in [2.24, 2.45) is 5.73 Å². The maximum atomic E-state index is 12.7. The third kappa shape index (κ3) is 6.22. The molecule has 1 aliphatic rings. The van der Waals surface area contributed by atoms with Gasteiger partial charge in [0.15, 0.2) is 0 Å². The minimum atomic E-state index is -4.79. The largest absolute Gasteiger partial charge is 0.573 e. The summed E-state index contributed by atoms with van der Waals surface area (Å²) in [5.74, 6) is -1.09. The van der Waals surface area contributed by atoms with Crippen molar-refractivity contribution in [2.75, 3.05) is 11.9 Å². The predicted octanol–water partition coefficient (Wildman–Crippen LogP) is 1.72. The minimum absolute atomic E-state index is 0.0841. The number of nitrogens with one attached hydrogen (secondary N) is 2.